The molecule has 2 aliphatic rings. The van der Waals surface area contributed by atoms with Gasteiger partial charge >= 0.3 is 0 Å². The molecule has 0 bridgehead atoms. The number of nitrogens with zero attached hydrogens (tertiary/aromatic N) is 1. The summed E-state index contributed by atoms with van der Waals surface area (Å²) in [5.41, 5.74) is 8.20. The van der Waals surface area contributed by atoms with Gasteiger partial charge in [-0.3, -0.25) is 0 Å². The SMILES string of the molecule is Cc1cc(C2CCCC2)cc(-c2c3ccc([Si](C)(C)C4CCC4)cc3cc[n+]2C)c1C. The van der Waals surface area contributed by atoms with Crippen LogP contribution in [0.15, 0.2) is 42.6 Å². The van der Waals surface area contributed by atoms with Gasteiger partial charge in [-0.2, -0.15) is 0 Å². The van der Waals surface area contributed by atoms with Crippen molar-refractivity contribution in [2.24, 2.45) is 7.05 Å². The van der Waals surface area contributed by atoms with E-state index in [0.717, 1.165) is 11.5 Å². The minimum Gasteiger partial charge on any atom is -0.200 e. The van der Waals surface area contributed by atoms with Gasteiger partial charge in [0.15, 0.2) is 6.20 Å². The lowest BCUT2D eigenvalue weighted by molar-refractivity contribution is -0.659. The first-order chi connectivity index (χ1) is 14.9. The molecule has 1 heterocycles. The van der Waals surface area contributed by atoms with Crippen molar-refractivity contribution in [2.75, 3.05) is 0 Å². The molecule has 2 aliphatic carbocycles. The van der Waals surface area contributed by atoms with Crippen LogP contribution in [0.1, 0.15) is 67.6 Å². The lowest BCUT2D eigenvalue weighted by atomic mass is 9.89. The molecule has 0 amide bonds. The Morgan fingerprint density at radius 3 is 2.29 bits per heavy atom. The Morgan fingerprint density at radius 2 is 1.61 bits per heavy atom. The van der Waals surface area contributed by atoms with E-state index in [1.165, 1.54) is 78.1 Å². The fraction of sp³-hybridized carbons (Fsp3) is 0.483. The second kappa shape index (κ2) is 7.88. The van der Waals surface area contributed by atoms with Gasteiger partial charge in [-0.05, 0) is 72.4 Å². The van der Waals surface area contributed by atoms with Gasteiger partial charge in [0.25, 0.3) is 0 Å². The van der Waals surface area contributed by atoms with Gasteiger partial charge in [-0.1, -0.05) is 68.6 Å². The molecule has 2 heteroatoms. The molecule has 31 heavy (non-hydrogen) atoms. The molecule has 0 unspecified atom stereocenters. The smallest absolute Gasteiger partial charge is 0.200 e. The Bertz CT molecular complexity index is 1130. The molecular formula is C29H38NSi+. The number of fused-ring (bicyclic) bond motifs is 1. The van der Waals surface area contributed by atoms with Gasteiger partial charge in [-0.15, -0.1) is 0 Å². The van der Waals surface area contributed by atoms with Crippen LogP contribution in [0.25, 0.3) is 22.0 Å². The summed E-state index contributed by atoms with van der Waals surface area (Å²) >= 11 is 0. The zero-order valence-corrected chi connectivity index (χ0v) is 21.1. The molecule has 2 fully saturated rings. The Balaban J connectivity index is 1.65. The zero-order valence-electron chi connectivity index (χ0n) is 20.1. The van der Waals surface area contributed by atoms with Crippen molar-refractivity contribution >= 4 is 24.0 Å². The standard InChI is InChI=1S/C29H38NSi/c1-20-17-24(22-9-6-7-10-22)19-28(21(20)2)29-27-14-13-26(18-23(27)15-16-30(29)3)31(4,5)25-11-8-12-25/h13-19,22,25H,6-12H2,1-5H3/q+1. The Morgan fingerprint density at radius 1 is 0.871 bits per heavy atom. The van der Waals surface area contributed by atoms with Crippen LogP contribution in [0.2, 0.25) is 18.6 Å². The summed E-state index contributed by atoms with van der Waals surface area (Å²) in [6, 6.07) is 14.8. The van der Waals surface area contributed by atoms with E-state index in [0.29, 0.717) is 0 Å². The maximum Gasteiger partial charge on any atom is 0.220 e. The number of hydrogen-bond donors (Lipinski definition) is 0. The molecule has 2 saturated carbocycles. The lowest BCUT2D eigenvalue weighted by Gasteiger charge is -2.39. The summed E-state index contributed by atoms with van der Waals surface area (Å²) in [6.07, 6.45) is 12.1. The number of rotatable bonds is 4. The monoisotopic (exact) mass is 428 g/mol. The van der Waals surface area contributed by atoms with Gasteiger partial charge in [0, 0.05) is 6.07 Å². The van der Waals surface area contributed by atoms with Crippen molar-refractivity contribution < 1.29 is 4.57 Å². The van der Waals surface area contributed by atoms with E-state index in [1.807, 2.05) is 0 Å². The predicted molar refractivity (Wildman–Crippen MR) is 136 cm³/mol. The highest BCUT2D eigenvalue weighted by atomic mass is 28.3. The van der Waals surface area contributed by atoms with E-state index < -0.39 is 8.07 Å². The average Bonchev–Trinajstić information content (AvgIpc) is 3.23. The number of pyridine rings is 1. The van der Waals surface area contributed by atoms with Crippen LogP contribution in [0.3, 0.4) is 0 Å². The van der Waals surface area contributed by atoms with Crippen molar-refractivity contribution in [3.8, 4) is 11.3 Å². The molecular weight excluding hydrogens is 390 g/mol. The molecule has 0 atom stereocenters. The molecule has 1 aromatic heterocycles. The van der Waals surface area contributed by atoms with Gasteiger partial charge in [0.2, 0.25) is 5.69 Å². The summed E-state index contributed by atoms with van der Waals surface area (Å²) in [4.78, 5) is 0. The minimum absolute atomic E-state index is 0.749. The highest BCUT2D eigenvalue weighted by Crippen LogP contribution is 2.41. The van der Waals surface area contributed by atoms with E-state index in [4.69, 9.17) is 0 Å². The van der Waals surface area contributed by atoms with Crippen LogP contribution in [0, 0.1) is 13.8 Å². The van der Waals surface area contributed by atoms with Crippen molar-refractivity contribution in [1.29, 1.82) is 0 Å². The summed E-state index contributed by atoms with van der Waals surface area (Å²) in [6.45, 7) is 9.77. The second-order valence-corrected chi connectivity index (χ2v) is 15.8. The van der Waals surface area contributed by atoms with Crippen LogP contribution in [0.4, 0.5) is 0 Å². The molecule has 0 aliphatic heterocycles. The molecule has 5 rings (SSSR count). The number of aromatic nitrogens is 1. The molecule has 1 nitrogen and oxygen atoms in total. The summed E-state index contributed by atoms with van der Waals surface area (Å²) < 4.78 is 2.34. The van der Waals surface area contributed by atoms with Gasteiger partial charge in [0.05, 0.1) is 19.0 Å². The normalized spacial score (nSPS) is 18.0. The summed E-state index contributed by atoms with van der Waals surface area (Å²) in [5, 5.41) is 4.45. The van der Waals surface area contributed by atoms with Crippen LogP contribution in [0.5, 0.6) is 0 Å². The Labute approximate surface area is 189 Å². The third-order valence-electron chi connectivity index (χ3n) is 8.78. The van der Waals surface area contributed by atoms with E-state index in [1.54, 1.807) is 10.8 Å². The number of hydrogen-bond acceptors (Lipinski definition) is 0. The third-order valence-corrected chi connectivity index (χ3v) is 13.2. The first kappa shape index (κ1) is 20.9. The van der Waals surface area contributed by atoms with Crippen LogP contribution < -0.4 is 9.75 Å². The molecule has 162 valence electrons. The molecule has 0 N–H and O–H groups in total. The molecule has 0 radical (unpaired) electrons. The van der Waals surface area contributed by atoms with Crippen molar-refractivity contribution in [2.45, 2.75) is 83.3 Å². The lowest BCUT2D eigenvalue weighted by Crippen LogP contribution is -2.48. The highest BCUT2D eigenvalue weighted by Gasteiger charge is 2.37. The maximum absolute atomic E-state index is 2.58. The third kappa shape index (κ3) is 3.57. The highest BCUT2D eigenvalue weighted by molar-refractivity contribution is 6.91. The minimum atomic E-state index is -1.38. The fourth-order valence-electron chi connectivity index (χ4n) is 6.10. The largest absolute Gasteiger partial charge is 0.220 e. The first-order valence-electron chi connectivity index (χ1n) is 12.4. The molecule has 2 aromatic carbocycles. The quantitative estimate of drug-likeness (QED) is 0.309. The van der Waals surface area contributed by atoms with Gasteiger partial charge < -0.3 is 0 Å². The van der Waals surface area contributed by atoms with Crippen molar-refractivity contribution in [3.63, 3.8) is 0 Å². The average molecular weight is 429 g/mol. The van der Waals surface area contributed by atoms with E-state index in [9.17, 15) is 0 Å². The second-order valence-electron chi connectivity index (χ2n) is 10.9. The van der Waals surface area contributed by atoms with Crippen LogP contribution in [-0.2, 0) is 7.05 Å². The Hall–Kier alpha value is -1.93. The van der Waals surface area contributed by atoms with E-state index in [-0.39, 0.29) is 0 Å². The van der Waals surface area contributed by atoms with Crippen LogP contribution in [-0.4, -0.2) is 8.07 Å². The van der Waals surface area contributed by atoms with Gasteiger partial charge in [0.1, 0.15) is 7.05 Å². The van der Waals surface area contributed by atoms with E-state index in [2.05, 4.69) is 81.2 Å². The fourth-order valence-corrected chi connectivity index (χ4v) is 9.47. The maximum atomic E-state index is 2.58. The van der Waals surface area contributed by atoms with Crippen LogP contribution >= 0.6 is 0 Å². The summed E-state index contributed by atoms with van der Waals surface area (Å²) in [7, 11) is 0.838. The number of aryl methyl sites for hydroxylation is 2. The molecule has 3 aromatic rings. The molecule has 0 spiro atoms. The topological polar surface area (TPSA) is 3.88 Å². The summed E-state index contributed by atoms with van der Waals surface area (Å²) in [5.74, 6) is 0.749. The van der Waals surface area contributed by atoms with Crippen molar-refractivity contribution in [3.05, 3.63) is 59.3 Å². The first-order valence-corrected chi connectivity index (χ1v) is 15.5. The van der Waals surface area contributed by atoms with Gasteiger partial charge in [-0.25, -0.2) is 4.57 Å². The van der Waals surface area contributed by atoms with Crippen molar-refractivity contribution in [1.82, 2.24) is 0 Å². The zero-order chi connectivity index (χ0) is 21.8. The predicted octanol–water partition coefficient (Wildman–Crippen LogP) is 7.08. The van der Waals surface area contributed by atoms with E-state index >= 15 is 0 Å². The number of benzene rings is 2. The Kier molecular flexibility index (Phi) is 5.33. The molecule has 0 saturated heterocycles.